The number of ether oxygens (including phenoxy) is 1. The molecule has 3 rings (SSSR count). The van der Waals surface area contributed by atoms with E-state index in [1.165, 1.54) is 5.56 Å². The summed E-state index contributed by atoms with van der Waals surface area (Å²) in [6, 6.07) is 17.7. The van der Waals surface area contributed by atoms with Gasteiger partial charge in [0.1, 0.15) is 6.61 Å². The summed E-state index contributed by atoms with van der Waals surface area (Å²) < 4.78 is 18.3. The van der Waals surface area contributed by atoms with Crippen LogP contribution < -0.4 is 0 Å². The maximum atomic E-state index is 12.9. The van der Waals surface area contributed by atoms with Crippen molar-refractivity contribution in [3.05, 3.63) is 65.7 Å². The minimum atomic E-state index is -1.04. The summed E-state index contributed by atoms with van der Waals surface area (Å²) in [5, 5.41) is 0.0814. The first-order chi connectivity index (χ1) is 13.5. The van der Waals surface area contributed by atoms with E-state index in [1.807, 2.05) is 68.7 Å². The third kappa shape index (κ3) is 5.66. The van der Waals surface area contributed by atoms with Crippen molar-refractivity contribution in [2.75, 3.05) is 27.2 Å². The first kappa shape index (κ1) is 20.6. The lowest BCUT2D eigenvalue weighted by Gasteiger charge is -2.30. The second-order valence-corrected chi connectivity index (χ2v) is 9.14. The summed E-state index contributed by atoms with van der Waals surface area (Å²) in [5.74, 6) is 0. The minimum absolute atomic E-state index is 0.0814. The summed E-state index contributed by atoms with van der Waals surface area (Å²) in [6.45, 7) is 2.33. The predicted molar refractivity (Wildman–Crippen MR) is 111 cm³/mol. The SMILES string of the molecule is CN(C)Cc1ccc(S(=O)C2CCN(C(=O)OCc3ccccc3)CC2)cc1. The average molecular weight is 401 g/mol. The normalized spacial score (nSPS) is 16.2. The van der Waals surface area contributed by atoms with Gasteiger partial charge in [-0.05, 0) is 50.2 Å². The van der Waals surface area contributed by atoms with Crippen LogP contribution in [0, 0.1) is 0 Å². The summed E-state index contributed by atoms with van der Waals surface area (Å²) in [5.41, 5.74) is 2.19. The van der Waals surface area contributed by atoms with Crippen LogP contribution in [-0.2, 0) is 28.7 Å². The Morgan fingerprint density at radius 1 is 1.04 bits per heavy atom. The van der Waals surface area contributed by atoms with E-state index in [0.29, 0.717) is 13.1 Å². The predicted octanol–water partition coefficient (Wildman–Crippen LogP) is 3.66. The van der Waals surface area contributed by atoms with Crippen LogP contribution in [0.1, 0.15) is 24.0 Å². The van der Waals surface area contributed by atoms with Gasteiger partial charge in [0.15, 0.2) is 0 Å². The molecule has 0 radical (unpaired) electrons. The molecule has 0 saturated carbocycles. The van der Waals surface area contributed by atoms with Crippen molar-refractivity contribution < 1.29 is 13.7 Å². The maximum absolute atomic E-state index is 12.9. The van der Waals surface area contributed by atoms with Crippen LogP contribution in [-0.4, -0.2) is 52.5 Å². The molecule has 1 unspecified atom stereocenters. The highest BCUT2D eigenvalue weighted by molar-refractivity contribution is 7.85. The molecule has 1 heterocycles. The van der Waals surface area contributed by atoms with Crippen molar-refractivity contribution in [3.63, 3.8) is 0 Å². The van der Waals surface area contributed by atoms with E-state index < -0.39 is 10.8 Å². The van der Waals surface area contributed by atoms with Gasteiger partial charge in [0, 0.05) is 29.8 Å². The maximum Gasteiger partial charge on any atom is 0.410 e. The highest BCUT2D eigenvalue weighted by atomic mass is 32.2. The molecule has 1 aliphatic heterocycles. The topological polar surface area (TPSA) is 49.9 Å². The highest BCUT2D eigenvalue weighted by Gasteiger charge is 2.28. The number of carbonyl (C=O) groups excluding carboxylic acids is 1. The van der Waals surface area contributed by atoms with E-state index in [0.717, 1.165) is 29.8 Å². The minimum Gasteiger partial charge on any atom is -0.445 e. The summed E-state index contributed by atoms with van der Waals surface area (Å²) in [7, 11) is 3.02. The zero-order valence-corrected chi connectivity index (χ0v) is 17.4. The molecular weight excluding hydrogens is 372 g/mol. The van der Waals surface area contributed by atoms with Crippen LogP contribution in [0.5, 0.6) is 0 Å². The quantitative estimate of drug-likeness (QED) is 0.743. The Balaban J connectivity index is 1.47. The number of piperidine rings is 1. The Morgan fingerprint density at radius 2 is 1.68 bits per heavy atom. The number of hydrogen-bond acceptors (Lipinski definition) is 4. The third-order valence-electron chi connectivity index (χ3n) is 4.86. The number of carbonyl (C=O) groups is 1. The average Bonchev–Trinajstić information content (AvgIpc) is 2.72. The number of hydrogen-bond donors (Lipinski definition) is 0. The van der Waals surface area contributed by atoms with Crippen LogP contribution >= 0.6 is 0 Å². The number of amides is 1. The summed E-state index contributed by atoms with van der Waals surface area (Å²) in [4.78, 5) is 17.0. The Hall–Kier alpha value is -2.18. The second kappa shape index (κ2) is 9.85. The van der Waals surface area contributed by atoms with Gasteiger partial charge in [0.05, 0.1) is 10.8 Å². The van der Waals surface area contributed by atoms with Crippen molar-refractivity contribution in [3.8, 4) is 0 Å². The molecule has 1 amide bonds. The fourth-order valence-electron chi connectivity index (χ4n) is 3.35. The van der Waals surface area contributed by atoms with E-state index in [9.17, 15) is 9.00 Å². The first-order valence-corrected chi connectivity index (χ1v) is 10.8. The van der Waals surface area contributed by atoms with Crippen molar-refractivity contribution in [1.29, 1.82) is 0 Å². The molecule has 6 heteroatoms. The van der Waals surface area contributed by atoms with Gasteiger partial charge in [-0.1, -0.05) is 42.5 Å². The van der Waals surface area contributed by atoms with Crippen LogP contribution in [0.4, 0.5) is 4.79 Å². The number of rotatable bonds is 6. The van der Waals surface area contributed by atoms with Gasteiger partial charge in [-0.2, -0.15) is 0 Å². The lowest BCUT2D eigenvalue weighted by Crippen LogP contribution is -2.41. The Labute approximate surface area is 169 Å². The molecule has 0 N–H and O–H groups in total. The molecule has 0 bridgehead atoms. The van der Waals surface area contributed by atoms with E-state index in [2.05, 4.69) is 4.90 Å². The van der Waals surface area contributed by atoms with Crippen molar-refractivity contribution in [2.45, 2.75) is 36.1 Å². The molecular formula is C22H28N2O3S. The van der Waals surface area contributed by atoms with Gasteiger partial charge < -0.3 is 14.5 Å². The van der Waals surface area contributed by atoms with E-state index >= 15 is 0 Å². The molecule has 2 aromatic rings. The lowest BCUT2D eigenvalue weighted by atomic mass is 10.1. The zero-order chi connectivity index (χ0) is 19.9. The van der Waals surface area contributed by atoms with Crippen LogP contribution in [0.25, 0.3) is 0 Å². The third-order valence-corrected chi connectivity index (χ3v) is 6.68. The van der Waals surface area contributed by atoms with Gasteiger partial charge in [0.25, 0.3) is 0 Å². The Bertz CT molecular complexity index is 785. The largest absolute Gasteiger partial charge is 0.445 e. The second-order valence-electron chi connectivity index (χ2n) is 7.41. The van der Waals surface area contributed by atoms with Crippen LogP contribution in [0.3, 0.4) is 0 Å². The van der Waals surface area contributed by atoms with Crippen molar-refractivity contribution in [2.24, 2.45) is 0 Å². The summed E-state index contributed by atoms with van der Waals surface area (Å²) >= 11 is 0. The molecule has 150 valence electrons. The highest BCUT2D eigenvalue weighted by Crippen LogP contribution is 2.22. The van der Waals surface area contributed by atoms with Crippen LogP contribution in [0.15, 0.2) is 59.5 Å². The molecule has 1 saturated heterocycles. The van der Waals surface area contributed by atoms with Crippen LogP contribution in [0.2, 0.25) is 0 Å². The standard InChI is InChI=1S/C22H28N2O3S/c1-23(2)16-18-8-10-20(11-9-18)28(26)21-12-14-24(15-13-21)22(25)27-17-19-6-4-3-5-7-19/h3-11,21H,12-17H2,1-2H3. The molecule has 2 aromatic carbocycles. The van der Waals surface area contributed by atoms with Crippen molar-refractivity contribution in [1.82, 2.24) is 9.80 Å². The zero-order valence-electron chi connectivity index (χ0n) is 16.5. The number of nitrogens with zero attached hydrogens (tertiary/aromatic N) is 2. The lowest BCUT2D eigenvalue weighted by molar-refractivity contribution is 0.0899. The molecule has 1 aliphatic rings. The van der Waals surface area contributed by atoms with Gasteiger partial charge in [-0.25, -0.2) is 4.79 Å². The van der Waals surface area contributed by atoms with Crippen molar-refractivity contribution >= 4 is 16.9 Å². The fraction of sp³-hybridized carbons (Fsp3) is 0.409. The van der Waals surface area contributed by atoms with Gasteiger partial charge in [-0.15, -0.1) is 0 Å². The molecule has 1 fully saturated rings. The Morgan fingerprint density at radius 3 is 2.29 bits per heavy atom. The molecule has 0 aromatic heterocycles. The Kier molecular flexibility index (Phi) is 7.23. The molecule has 5 nitrogen and oxygen atoms in total. The fourth-order valence-corrected chi connectivity index (χ4v) is 4.78. The smallest absolute Gasteiger partial charge is 0.410 e. The van der Waals surface area contributed by atoms with Gasteiger partial charge in [-0.3, -0.25) is 4.21 Å². The van der Waals surface area contributed by atoms with E-state index in [4.69, 9.17) is 4.74 Å². The summed E-state index contributed by atoms with van der Waals surface area (Å²) in [6.07, 6.45) is 1.17. The van der Waals surface area contributed by atoms with Gasteiger partial charge in [0.2, 0.25) is 0 Å². The number of likely N-dealkylation sites (tertiary alicyclic amines) is 1. The first-order valence-electron chi connectivity index (χ1n) is 9.63. The molecule has 0 spiro atoms. The molecule has 0 aliphatic carbocycles. The van der Waals surface area contributed by atoms with E-state index in [-0.39, 0.29) is 18.0 Å². The molecule has 28 heavy (non-hydrogen) atoms. The molecule has 1 atom stereocenters. The monoisotopic (exact) mass is 400 g/mol. The van der Waals surface area contributed by atoms with E-state index in [1.54, 1.807) is 4.90 Å². The number of benzene rings is 2. The van der Waals surface area contributed by atoms with Gasteiger partial charge >= 0.3 is 6.09 Å².